The van der Waals surface area contributed by atoms with Crippen LogP contribution in [0.15, 0.2) is 29.2 Å². The third-order valence-electron chi connectivity index (χ3n) is 3.15. The number of rotatable bonds is 9. The van der Waals surface area contributed by atoms with Crippen LogP contribution < -0.4 is 0 Å². The number of aryl methyl sites for hydroxylation is 1. The molecule has 0 N–H and O–H groups in total. The van der Waals surface area contributed by atoms with Crippen molar-refractivity contribution in [1.29, 1.82) is 0 Å². The lowest BCUT2D eigenvalue weighted by atomic mass is 10.2. The van der Waals surface area contributed by atoms with E-state index in [0.29, 0.717) is 13.2 Å². The Morgan fingerprint density at radius 3 is 2.17 bits per heavy atom. The Bertz CT molecular complexity index is 623. The van der Waals surface area contributed by atoms with Gasteiger partial charge >= 0.3 is 0 Å². The second kappa shape index (κ2) is 9.68. The van der Waals surface area contributed by atoms with Crippen molar-refractivity contribution in [3.8, 4) is 11.8 Å². The summed E-state index contributed by atoms with van der Waals surface area (Å²) >= 11 is 0. The molecular formula is C17H25NO4S. The lowest BCUT2D eigenvalue weighted by Crippen LogP contribution is -2.40. The fourth-order valence-electron chi connectivity index (χ4n) is 1.97. The molecule has 128 valence electrons. The van der Waals surface area contributed by atoms with Gasteiger partial charge in [-0.05, 0) is 39.8 Å². The van der Waals surface area contributed by atoms with Crippen molar-refractivity contribution in [1.82, 2.24) is 4.31 Å². The molecule has 0 saturated heterocycles. The molecule has 0 aromatic heterocycles. The van der Waals surface area contributed by atoms with Crippen LogP contribution in [0.2, 0.25) is 0 Å². The van der Waals surface area contributed by atoms with E-state index in [9.17, 15) is 8.42 Å². The predicted molar refractivity (Wildman–Crippen MR) is 90.4 cm³/mol. The van der Waals surface area contributed by atoms with Gasteiger partial charge in [0.15, 0.2) is 6.29 Å². The van der Waals surface area contributed by atoms with Gasteiger partial charge in [0.05, 0.1) is 18.0 Å². The number of benzene rings is 1. The van der Waals surface area contributed by atoms with E-state index in [1.165, 1.54) is 4.31 Å². The molecule has 5 nitrogen and oxygen atoms in total. The SMILES string of the molecule is CC#CCN(CC(OCC)OCC)S(=O)(=O)c1ccc(C)cc1. The number of ether oxygens (including phenoxy) is 2. The molecule has 0 aliphatic rings. The van der Waals surface area contributed by atoms with Crippen LogP contribution in [0.1, 0.15) is 26.3 Å². The average Bonchev–Trinajstić information content (AvgIpc) is 2.52. The van der Waals surface area contributed by atoms with E-state index in [4.69, 9.17) is 9.47 Å². The van der Waals surface area contributed by atoms with Gasteiger partial charge in [-0.3, -0.25) is 0 Å². The van der Waals surface area contributed by atoms with Gasteiger partial charge in [-0.15, -0.1) is 5.92 Å². The molecule has 0 aliphatic carbocycles. The lowest BCUT2D eigenvalue weighted by Gasteiger charge is -2.25. The fraction of sp³-hybridized carbons (Fsp3) is 0.529. The normalized spacial score (nSPS) is 11.6. The largest absolute Gasteiger partial charge is 0.352 e. The summed E-state index contributed by atoms with van der Waals surface area (Å²) in [5.74, 6) is 5.54. The van der Waals surface area contributed by atoms with Crippen LogP contribution in [0.4, 0.5) is 0 Å². The van der Waals surface area contributed by atoms with Crippen LogP contribution in [-0.4, -0.2) is 45.3 Å². The molecule has 0 aliphatic heterocycles. The van der Waals surface area contributed by atoms with Crippen molar-refractivity contribution >= 4 is 10.0 Å². The molecule has 1 aromatic carbocycles. The minimum absolute atomic E-state index is 0.101. The topological polar surface area (TPSA) is 55.8 Å². The maximum atomic E-state index is 12.8. The zero-order chi connectivity index (χ0) is 17.3. The second-order valence-corrected chi connectivity index (χ2v) is 6.82. The molecule has 6 heteroatoms. The van der Waals surface area contributed by atoms with Gasteiger partial charge in [0, 0.05) is 13.2 Å². The Balaban J connectivity index is 3.06. The van der Waals surface area contributed by atoms with E-state index in [-0.39, 0.29) is 18.0 Å². The minimum Gasteiger partial charge on any atom is -0.352 e. The van der Waals surface area contributed by atoms with Crippen molar-refractivity contribution < 1.29 is 17.9 Å². The summed E-state index contributed by atoms with van der Waals surface area (Å²) in [6.45, 7) is 8.38. The third-order valence-corrected chi connectivity index (χ3v) is 4.97. The molecular weight excluding hydrogens is 314 g/mol. The van der Waals surface area contributed by atoms with Crippen molar-refractivity contribution in [3.05, 3.63) is 29.8 Å². The van der Waals surface area contributed by atoms with E-state index in [0.717, 1.165) is 5.56 Å². The Kier molecular flexibility index (Phi) is 8.28. The summed E-state index contributed by atoms with van der Waals surface area (Å²) in [5.41, 5.74) is 1.00. The number of hydrogen-bond acceptors (Lipinski definition) is 4. The molecule has 0 unspecified atom stereocenters. The van der Waals surface area contributed by atoms with Crippen LogP contribution in [0.5, 0.6) is 0 Å². The first-order chi connectivity index (χ1) is 11.0. The monoisotopic (exact) mass is 339 g/mol. The average molecular weight is 339 g/mol. The first kappa shape index (κ1) is 19.7. The van der Waals surface area contributed by atoms with Gasteiger partial charge in [0.1, 0.15) is 0 Å². The molecule has 0 bridgehead atoms. The standard InChI is InChI=1S/C17H25NO4S/c1-5-8-13-18(14-17(21-6-2)22-7-3)23(19,20)16-11-9-15(4)10-12-16/h9-12,17H,6-7,13-14H2,1-4H3. The predicted octanol–water partition coefficient (Wildman–Crippen LogP) is 2.41. The van der Waals surface area contributed by atoms with Gasteiger partial charge in [0.25, 0.3) is 0 Å². The van der Waals surface area contributed by atoms with Crippen molar-refractivity contribution in [2.75, 3.05) is 26.3 Å². The summed E-state index contributed by atoms with van der Waals surface area (Å²) in [6.07, 6.45) is -0.608. The Labute approximate surface area is 139 Å². The third kappa shape index (κ3) is 5.96. The smallest absolute Gasteiger partial charge is 0.244 e. The zero-order valence-electron chi connectivity index (χ0n) is 14.2. The van der Waals surface area contributed by atoms with Crippen LogP contribution in [0.25, 0.3) is 0 Å². The van der Waals surface area contributed by atoms with Crippen molar-refractivity contribution in [2.24, 2.45) is 0 Å². The zero-order valence-corrected chi connectivity index (χ0v) is 15.0. The van der Waals surface area contributed by atoms with E-state index in [1.54, 1.807) is 31.2 Å². The lowest BCUT2D eigenvalue weighted by molar-refractivity contribution is -0.139. The van der Waals surface area contributed by atoms with Crippen LogP contribution in [0.3, 0.4) is 0 Å². The highest BCUT2D eigenvalue weighted by atomic mass is 32.2. The van der Waals surface area contributed by atoms with Crippen molar-refractivity contribution in [2.45, 2.75) is 38.9 Å². The summed E-state index contributed by atoms with van der Waals surface area (Å²) < 4.78 is 37.9. The molecule has 1 rings (SSSR count). The van der Waals surface area contributed by atoms with Gasteiger partial charge in [-0.25, -0.2) is 8.42 Å². The van der Waals surface area contributed by atoms with E-state index < -0.39 is 16.3 Å². The Morgan fingerprint density at radius 2 is 1.70 bits per heavy atom. The van der Waals surface area contributed by atoms with Gasteiger partial charge in [0.2, 0.25) is 10.0 Å². The molecule has 0 amide bonds. The van der Waals surface area contributed by atoms with Crippen LogP contribution in [-0.2, 0) is 19.5 Å². The summed E-state index contributed by atoms with van der Waals surface area (Å²) in [5, 5.41) is 0. The van der Waals surface area contributed by atoms with Gasteiger partial charge in [-0.1, -0.05) is 23.6 Å². The molecule has 0 fully saturated rings. The second-order valence-electron chi connectivity index (χ2n) is 4.88. The maximum absolute atomic E-state index is 12.8. The van der Waals surface area contributed by atoms with E-state index >= 15 is 0 Å². The molecule has 0 atom stereocenters. The first-order valence-electron chi connectivity index (χ1n) is 7.65. The molecule has 23 heavy (non-hydrogen) atoms. The summed E-state index contributed by atoms with van der Waals surface area (Å²) in [7, 11) is -3.65. The highest BCUT2D eigenvalue weighted by molar-refractivity contribution is 7.89. The number of sulfonamides is 1. The van der Waals surface area contributed by atoms with Crippen molar-refractivity contribution in [3.63, 3.8) is 0 Å². The van der Waals surface area contributed by atoms with Gasteiger partial charge < -0.3 is 9.47 Å². The fourth-order valence-corrected chi connectivity index (χ4v) is 3.30. The number of nitrogens with zero attached hydrogens (tertiary/aromatic N) is 1. The van der Waals surface area contributed by atoms with E-state index in [1.807, 2.05) is 20.8 Å². The molecule has 0 radical (unpaired) electrons. The summed E-state index contributed by atoms with van der Waals surface area (Å²) in [4.78, 5) is 0.243. The Morgan fingerprint density at radius 1 is 1.13 bits per heavy atom. The Hall–Kier alpha value is -1.39. The van der Waals surface area contributed by atoms with Gasteiger partial charge in [-0.2, -0.15) is 4.31 Å². The highest BCUT2D eigenvalue weighted by Gasteiger charge is 2.27. The van der Waals surface area contributed by atoms with Crippen LogP contribution in [0, 0.1) is 18.8 Å². The molecule has 1 aromatic rings. The van der Waals surface area contributed by atoms with E-state index in [2.05, 4.69) is 11.8 Å². The minimum atomic E-state index is -3.65. The molecule has 0 saturated carbocycles. The highest BCUT2D eigenvalue weighted by Crippen LogP contribution is 2.17. The maximum Gasteiger partial charge on any atom is 0.244 e. The molecule has 0 spiro atoms. The quantitative estimate of drug-likeness (QED) is 0.512. The van der Waals surface area contributed by atoms with Crippen LogP contribution >= 0.6 is 0 Å². The summed E-state index contributed by atoms with van der Waals surface area (Å²) in [6, 6.07) is 6.76. The first-order valence-corrected chi connectivity index (χ1v) is 9.09. The molecule has 0 heterocycles. The number of hydrogen-bond donors (Lipinski definition) is 0.